The SMILES string of the molecule is COC(=O)c1ccc(NC(=O)CSc2nnc(CCCc3ccc(OC)cc3C)n2C)cc1. The molecule has 0 saturated carbocycles. The van der Waals surface area contributed by atoms with Crippen LogP contribution in [0.2, 0.25) is 0 Å². The van der Waals surface area contributed by atoms with Crippen molar-refractivity contribution in [3.63, 3.8) is 0 Å². The first-order valence-corrected chi connectivity index (χ1v) is 11.5. The standard InChI is InChI=1S/C24H28N4O4S/c1-16-14-20(31-3)13-10-17(16)6-5-7-21-26-27-24(28(21)2)33-15-22(29)25-19-11-8-18(9-12-19)23(30)32-4/h8-14H,5-7,15H2,1-4H3,(H,25,29). The molecule has 3 rings (SSSR count). The Hall–Kier alpha value is -3.33. The third-order valence-corrected chi connectivity index (χ3v) is 6.26. The molecule has 0 fully saturated rings. The first-order valence-electron chi connectivity index (χ1n) is 10.5. The van der Waals surface area contributed by atoms with Crippen LogP contribution in [0.15, 0.2) is 47.6 Å². The fourth-order valence-corrected chi connectivity index (χ4v) is 4.07. The number of esters is 1. The molecule has 0 aliphatic heterocycles. The van der Waals surface area contributed by atoms with E-state index in [0.29, 0.717) is 16.4 Å². The third-order valence-electron chi connectivity index (χ3n) is 5.24. The molecule has 0 atom stereocenters. The number of carbonyl (C=O) groups is 2. The smallest absolute Gasteiger partial charge is 0.337 e. The molecule has 2 aromatic carbocycles. The van der Waals surface area contributed by atoms with E-state index in [1.165, 1.54) is 30.0 Å². The van der Waals surface area contributed by atoms with E-state index in [1.807, 2.05) is 23.7 Å². The number of rotatable bonds is 10. The molecule has 0 aliphatic carbocycles. The Morgan fingerprint density at radius 1 is 1.06 bits per heavy atom. The molecule has 1 aromatic heterocycles. The van der Waals surface area contributed by atoms with Gasteiger partial charge in [0.25, 0.3) is 0 Å². The number of ether oxygens (including phenoxy) is 2. The van der Waals surface area contributed by atoms with Crippen LogP contribution in [0.5, 0.6) is 5.75 Å². The zero-order valence-electron chi connectivity index (χ0n) is 19.3. The van der Waals surface area contributed by atoms with Crippen LogP contribution in [0.4, 0.5) is 5.69 Å². The van der Waals surface area contributed by atoms with Gasteiger partial charge in [-0.1, -0.05) is 17.8 Å². The molecule has 3 aromatic rings. The lowest BCUT2D eigenvalue weighted by molar-refractivity contribution is -0.113. The monoisotopic (exact) mass is 468 g/mol. The van der Waals surface area contributed by atoms with Gasteiger partial charge in [-0.2, -0.15) is 0 Å². The summed E-state index contributed by atoms with van der Waals surface area (Å²) in [5.41, 5.74) is 3.55. The van der Waals surface area contributed by atoms with Gasteiger partial charge < -0.3 is 19.4 Å². The molecule has 1 N–H and O–H groups in total. The molecule has 1 amide bonds. The molecule has 0 unspecified atom stereocenters. The fourth-order valence-electron chi connectivity index (χ4n) is 3.34. The Bertz CT molecular complexity index is 1110. The van der Waals surface area contributed by atoms with Gasteiger partial charge in [-0.3, -0.25) is 4.79 Å². The van der Waals surface area contributed by atoms with E-state index in [1.54, 1.807) is 31.4 Å². The second kappa shape index (κ2) is 11.5. The minimum absolute atomic E-state index is 0.162. The van der Waals surface area contributed by atoms with Crippen molar-refractivity contribution in [2.24, 2.45) is 7.05 Å². The number of thioether (sulfide) groups is 1. The van der Waals surface area contributed by atoms with E-state index >= 15 is 0 Å². The van der Waals surface area contributed by atoms with Gasteiger partial charge in [-0.05, 0) is 67.3 Å². The van der Waals surface area contributed by atoms with Crippen molar-refractivity contribution < 1.29 is 19.1 Å². The summed E-state index contributed by atoms with van der Waals surface area (Å²) >= 11 is 1.33. The maximum atomic E-state index is 12.3. The molecule has 8 nitrogen and oxygen atoms in total. The van der Waals surface area contributed by atoms with Crippen molar-refractivity contribution in [3.8, 4) is 5.75 Å². The molecule has 0 bridgehead atoms. The van der Waals surface area contributed by atoms with Gasteiger partial charge in [-0.15, -0.1) is 10.2 Å². The minimum atomic E-state index is -0.416. The normalized spacial score (nSPS) is 10.7. The molecule has 0 radical (unpaired) electrons. The van der Waals surface area contributed by atoms with E-state index in [-0.39, 0.29) is 11.7 Å². The van der Waals surface area contributed by atoms with Gasteiger partial charge in [-0.25, -0.2) is 4.79 Å². The van der Waals surface area contributed by atoms with Crippen molar-refractivity contribution in [2.75, 3.05) is 25.3 Å². The van der Waals surface area contributed by atoms with Gasteiger partial charge in [0.15, 0.2) is 5.16 Å². The number of methoxy groups -OCH3 is 2. The van der Waals surface area contributed by atoms with Gasteiger partial charge >= 0.3 is 5.97 Å². The Kier molecular flexibility index (Phi) is 8.48. The second-order valence-electron chi connectivity index (χ2n) is 7.51. The van der Waals surface area contributed by atoms with Crippen LogP contribution in [-0.4, -0.2) is 46.6 Å². The average molecular weight is 469 g/mol. The van der Waals surface area contributed by atoms with Gasteiger partial charge in [0, 0.05) is 19.2 Å². The van der Waals surface area contributed by atoms with E-state index in [0.717, 1.165) is 30.8 Å². The summed E-state index contributed by atoms with van der Waals surface area (Å²) in [5, 5.41) is 12.0. The fraction of sp³-hybridized carbons (Fsp3) is 0.333. The number of aryl methyl sites for hydroxylation is 3. The van der Waals surface area contributed by atoms with Crippen molar-refractivity contribution >= 4 is 29.3 Å². The van der Waals surface area contributed by atoms with Gasteiger partial charge in [0.2, 0.25) is 5.91 Å². The van der Waals surface area contributed by atoms with Crippen LogP contribution in [0, 0.1) is 6.92 Å². The van der Waals surface area contributed by atoms with Gasteiger partial charge in [0.05, 0.1) is 25.5 Å². The lowest BCUT2D eigenvalue weighted by Crippen LogP contribution is -2.14. The predicted octanol–water partition coefficient (Wildman–Crippen LogP) is 3.82. The van der Waals surface area contributed by atoms with E-state index in [2.05, 4.69) is 33.2 Å². The predicted molar refractivity (Wildman–Crippen MR) is 128 cm³/mol. The minimum Gasteiger partial charge on any atom is -0.497 e. The van der Waals surface area contributed by atoms with Crippen molar-refractivity contribution in [2.45, 2.75) is 31.3 Å². The molecule has 1 heterocycles. The molecule has 0 spiro atoms. The van der Waals surface area contributed by atoms with E-state index in [4.69, 9.17) is 4.74 Å². The highest BCUT2D eigenvalue weighted by Gasteiger charge is 2.12. The topological polar surface area (TPSA) is 95.3 Å². The number of aromatic nitrogens is 3. The molecule has 174 valence electrons. The Morgan fingerprint density at radius 3 is 2.48 bits per heavy atom. The van der Waals surface area contributed by atoms with Crippen LogP contribution in [-0.2, 0) is 29.4 Å². The van der Waals surface area contributed by atoms with Crippen molar-refractivity contribution in [1.82, 2.24) is 14.8 Å². The maximum absolute atomic E-state index is 12.3. The number of benzene rings is 2. The molecular formula is C24H28N4O4S. The van der Waals surface area contributed by atoms with Crippen molar-refractivity contribution in [3.05, 3.63) is 65.0 Å². The quantitative estimate of drug-likeness (QED) is 0.357. The zero-order chi connectivity index (χ0) is 23.8. The summed E-state index contributed by atoms with van der Waals surface area (Å²) < 4.78 is 11.9. The first-order chi connectivity index (χ1) is 15.9. The molecule has 33 heavy (non-hydrogen) atoms. The Labute approximate surface area is 197 Å². The van der Waals surface area contributed by atoms with Crippen LogP contribution < -0.4 is 10.1 Å². The van der Waals surface area contributed by atoms with E-state index < -0.39 is 5.97 Å². The number of nitrogens with zero attached hydrogens (tertiary/aromatic N) is 3. The largest absolute Gasteiger partial charge is 0.497 e. The third kappa shape index (κ3) is 6.58. The Morgan fingerprint density at radius 2 is 1.82 bits per heavy atom. The molecule has 0 saturated heterocycles. The molecule has 0 aliphatic rings. The van der Waals surface area contributed by atoms with Crippen molar-refractivity contribution in [1.29, 1.82) is 0 Å². The number of carbonyl (C=O) groups excluding carboxylic acids is 2. The lowest BCUT2D eigenvalue weighted by Gasteiger charge is -2.08. The lowest BCUT2D eigenvalue weighted by atomic mass is 10.0. The maximum Gasteiger partial charge on any atom is 0.337 e. The summed E-state index contributed by atoms with van der Waals surface area (Å²) in [6.07, 6.45) is 2.70. The van der Waals surface area contributed by atoms with E-state index in [9.17, 15) is 9.59 Å². The number of hydrogen-bond acceptors (Lipinski definition) is 7. The highest BCUT2D eigenvalue weighted by Crippen LogP contribution is 2.20. The number of anilines is 1. The summed E-state index contributed by atoms with van der Waals surface area (Å²) in [4.78, 5) is 23.8. The number of amides is 1. The summed E-state index contributed by atoms with van der Waals surface area (Å²) in [6.45, 7) is 2.09. The zero-order valence-corrected chi connectivity index (χ0v) is 20.1. The molecular weight excluding hydrogens is 440 g/mol. The highest BCUT2D eigenvalue weighted by molar-refractivity contribution is 7.99. The highest BCUT2D eigenvalue weighted by atomic mass is 32.2. The Balaban J connectivity index is 1.47. The second-order valence-corrected chi connectivity index (χ2v) is 8.45. The number of nitrogens with one attached hydrogen (secondary N) is 1. The van der Waals surface area contributed by atoms with Crippen LogP contribution in [0.25, 0.3) is 0 Å². The van der Waals surface area contributed by atoms with Crippen LogP contribution in [0.1, 0.15) is 33.7 Å². The van der Waals surface area contributed by atoms with Crippen LogP contribution in [0.3, 0.4) is 0 Å². The average Bonchev–Trinajstić information content (AvgIpc) is 3.17. The molecule has 9 heteroatoms. The van der Waals surface area contributed by atoms with Crippen LogP contribution >= 0.6 is 11.8 Å². The summed E-state index contributed by atoms with van der Waals surface area (Å²) in [5.74, 6) is 1.39. The summed E-state index contributed by atoms with van der Waals surface area (Å²) in [7, 11) is 4.92. The number of hydrogen-bond donors (Lipinski definition) is 1. The summed E-state index contributed by atoms with van der Waals surface area (Å²) in [6, 6.07) is 12.7. The first kappa shape index (κ1) is 24.3. The van der Waals surface area contributed by atoms with Gasteiger partial charge in [0.1, 0.15) is 11.6 Å².